The van der Waals surface area contributed by atoms with Crippen LogP contribution in [0.4, 0.5) is 5.69 Å². The van der Waals surface area contributed by atoms with Gasteiger partial charge in [0.15, 0.2) is 0 Å². The molecule has 0 aliphatic carbocycles. The van der Waals surface area contributed by atoms with Crippen LogP contribution in [0, 0.1) is 18.4 Å². The maximum Gasteiger partial charge on any atom is 0.146 e. The molecule has 2 N–H and O–H groups in total. The van der Waals surface area contributed by atoms with E-state index in [0.29, 0.717) is 16.6 Å². The van der Waals surface area contributed by atoms with Gasteiger partial charge in [0.2, 0.25) is 0 Å². The minimum absolute atomic E-state index is 0.670. The molecule has 0 radical (unpaired) electrons. The summed E-state index contributed by atoms with van der Waals surface area (Å²) in [5, 5.41) is 0. The van der Waals surface area contributed by atoms with Crippen molar-refractivity contribution in [1.29, 1.82) is 0 Å². The van der Waals surface area contributed by atoms with Crippen LogP contribution in [-0.2, 0) is 0 Å². The lowest BCUT2D eigenvalue weighted by Gasteiger charge is -2.38. The van der Waals surface area contributed by atoms with Crippen LogP contribution in [0.15, 0.2) is 18.2 Å². The van der Waals surface area contributed by atoms with Crippen molar-refractivity contribution < 1.29 is 0 Å². The van der Waals surface area contributed by atoms with Crippen LogP contribution in [-0.4, -0.2) is 8.07 Å². The van der Waals surface area contributed by atoms with E-state index in [9.17, 15) is 0 Å². The number of nitrogen functional groups attached to an aromatic ring is 1. The highest BCUT2D eigenvalue weighted by molar-refractivity contribution is 6.90. The van der Waals surface area contributed by atoms with Gasteiger partial charge in [-0.15, -0.1) is 5.54 Å². The summed E-state index contributed by atoms with van der Waals surface area (Å²) in [6.45, 7) is 16.2. The maximum absolute atomic E-state index is 5.81. The summed E-state index contributed by atoms with van der Waals surface area (Å²) in [7, 11) is -1.64. The van der Waals surface area contributed by atoms with Gasteiger partial charge in [0.1, 0.15) is 8.07 Å². The van der Waals surface area contributed by atoms with Gasteiger partial charge in [-0.25, -0.2) is 0 Å². The molecule has 0 aromatic heterocycles. The second-order valence-corrected chi connectivity index (χ2v) is 12.3. The van der Waals surface area contributed by atoms with Crippen LogP contribution >= 0.6 is 0 Å². The van der Waals surface area contributed by atoms with Gasteiger partial charge in [-0.3, -0.25) is 0 Å². The fraction of sp³-hybridized carbons (Fsp3) is 0.556. The molecule has 1 aromatic rings. The number of rotatable bonds is 3. The Morgan fingerprint density at radius 2 is 1.45 bits per heavy atom. The van der Waals surface area contributed by atoms with Crippen LogP contribution in [0.2, 0.25) is 16.6 Å². The number of benzene rings is 1. The topological polar surface area (TPSA) is 26.0 Å². The van der Waals surface area contributed by atoms with Gasteiger partial charge < -0.3 is 5.73 Å². The van der Waals surface area contributed by atoms with Gasteiger partial charge in [0, 0.05) is 11.3 Å². The summed E-state index contributed by atoms with van der Waals surface area (Å²) in [4.78, 5) is 0. The largest absolute Gasteiger partial charge is 0.399 e. The molecule has 0 atom stereocenters. The van der Waals surface area contributed by atoms with Crippen molar-refractivity contribution >= 4 is 13.8 Å². The average molecular weight is 288 g/mol. The Hall–Kier alpha value is -1.20. The summed E-state index contributed by atoms with van der Waals surface area (Å²) in [5.74, 6) is 3.48. The maximum atomic E-state index is 5.81. The SMILES string of the molecule is Cc1cc(N)ccc1C#C[Si](C(C)C)(C(C)C)C(C)C. The summed E-state index contributed by atoms with van der Waals surface area (Å²) < 4.78 is 0. The second-order valence-electron chi connectivity index (χ2n) is 6.72. The minimum atomic E-state index is -1.64. The lowest BCUT2D eigenvalue weighted by Crippen LogP contribution is -2.43. The highest BCUT2D eigenvalue weighted by atomic mass is 28.3. The van der Waals surface area contributed by atoms with Gasteiger partial charge in [-0.1, -0.05) is 47.5 Å². The van der Waals surface area contributed by atoms with Gasteiger partial charge in [-0.05, 0) is 47.3 Å². The van der Waals surface area contributed by atoms with Crippen LogP contribution in [0.1, 0.15) is 52.7 Å². The Bertz CT molecular complexity index is 496. The third kappa shape index (κ3) is 3.27. The Labute approximate surface area is 126 Å². The van der Waals surface area contributed by atoms with Crippen molar-refractivity contribution in [2.24, 2.45) is 0 Å². The van der Waals surface area contributed by atoms with Crippen molar-refractivity contribution in [3.8, 4) is 11.5 Å². The van der Waals surface area contributed by atoms with E-state index in [1.165, 1.54) is 5.56 Å². The van der Waals surface area contributed by atoms with E-state index in [0.717, 1.165) is 11.3 Å². The highest BCUT2D eigenvalue weighted by Gasteiger charge is 2.41. The van der Waals surface area contributed by atoms with Crippen molar-refractivity contribution in [3.05, 3.63) is 29.3 Å². The van der Waals surface area contributed by atoms with Gasteiger partial charge in [0.05, 0.1) is 0 Å². The lowest BCUT2D eigenvalue weighted by molar-refractivity contribution is 0.838. The number of nitrogens with two attached hydrogens (primary N) is 1. The number of aryl methyl sites for hydroxylation is 1. The molecule has 0 saturated carbocycles. The molecule has 1 nitrogen and oxygen atoms in total. The Kier molecular flexibility index (Phi) is 5.47. The zero-order valence-electron chi connectivity index (χ0n) is 14.0. The van der Waals surface area contributed by atoms with E-state index in [-0.39, 0.29) is 0 Å². The zero-order valence-corrected chi connectivity index (χ0v) is 15.0. The molecule has 0 fully saturated rings. The molecule has 110 valence electrons. The molecule has 2 heteroatoms. The number of hydrogen-bond donors (Lipinski definition) is 1. The van der Waals surface area contributed by atoms with E-state index in [1.807, 2.05) is 12.1 Å². The van der Waals surface area contributed by atoms with Gasteiger partial charge in [-0.2, -0.15) is 0 Å². The normalized spacial score (nSPS) is 11.9. The molecule has 0 unspecified atom stereocenters. The first-order valence-corrected chi connectivity index (χ1v) is 9.84. The standard InChI is InChI=1S/C18H29NSi/c1-13(2)20(14(3)4,15(5)6)11-10-17-8-9-18(19)12-16(17)7/h8-9,12-15H,19H2,1-7H3. The molecular weight excluding hydrogens is 258 g/mol. The zero-order chi connectivity index (χ0) is 15.5. The minimum Gasteiger partial charge on any atom is -0.399 e. The Morgan fingerprint density at radius 3 is 1.85 bits per heavy atom. The van der Waals surface area contributed by atoms with E-state index >= 15 is 0 Å². The molecule has 20 heavy (non-hydrogen) atoms. The lowest BCUT2D eigenvalue weighted by atomic mass is 10.1. The average Bonchev–Trinajstić information content (AvgIpc) is 2.30. The van der Waals surface area contributed by atoms with Gasteiger partial charge in [0.25, 0.3) is 0 Å². The van der Waals surface area contributed by atoms with Crippen LogP contribution < -0.4 is 5.73 Å². The fourth-order valence-corrected chi connectivity index (χ4v) is 8.65. The Balaban J connectivity index is 3.30. The first-order chi connectivity index (χ1) is 9.21. The van der Waals surface area contributed by atoms with E-state index in [4.69, 9.17) is 5.73 Å². The first kappa shape index (κ1) is 16.9. The predicted octanol–water partition coefficient (Wildman–Crippen LogP) is 5.15. The molecule has 0 heterocycles. The van der Waals surface area contributed by atoms with Gasteiger partial charge >= 0.3 is 0 Å². The quantitative estimate of drug-likeness (QED) is 0.464. The molecule has 0 aliphatic heterocycles. The summed E-state index contributed by atoms with van der Waals surface area (Å²) >= 11 is 0. The monoisotopic (exact) mass is 287 g/mol. The van der Waals surface area contributed by atoms with Crippen LogP contribution in [0.25, 0.3) is 0 Å². The highest BCUT2D eigenvalue weighted by Crippen LogP contribution is 2.40. The smallest absolute Gasteiger partial charge is 0.146 e. The predicted molar refractivity (Wildman–Crippen MR) is 93.5 cm³/mol. The molecule has 0 aliphatic rings. The summed E-state index contributed by atoms with van der Waals surface area (Å²) in [6, 6.07) is 6.01. The second kappa shape index (κ2) is 6.50. The molecule has 0 bridgehead atoms. The molecule has 0 spiro atoms. The van der Waals surface area contributed by atoms with Crippen LogP contribution in [0.3, 0.4) is 0 Å². The summed E-state index contributed by atoms with van der Waals surface area (Å²) in [5.41, 5.74) is 14.7. The van der Waals surface area contributed by atoms with E-state index in [2.05, 4.69) is 66.0 Å². The molecule has 1 rings (SSSR count). The number of hydrogen-bond acceptors (Lipinski definition) is 1. The third-order valence-electron chi connectivity index (χ3n) is 4.53. The van der Waals surface area contributed by atoms with E-state index < -0.39 is 8.07 Å². The molecular formula is C18H29NSi. The number of anilines is 1. The molecule has 0 saturated heterocycles. The van der Waals surface area contributed by atoms with Crippen LogP contribution in [0.5, 0.6) is 0 Å². The third-order valence-corrected chi connectivity index (χ3v) is 10.8. The van der Waals surface area contributed by atoms with Crippen molar-refractivity contribution in [1.82, 2.24) is 0 Å². The van der Waals surface area contributed by atoms with Crippen molar-refractivity contribution in [3.63, 3.8) is 0 Å². The molecule has 0 amide bonds. The summed E-state index contributed by atoms with van der Waals surface area (Å²) in [6.07, 6.45) is 0. The molecule has 1 aromatic carbocycles. The van der Waals surface area contributed by atoms with Crippen molar-refractivity contribution in [2.75, 3.05) is 5.73 Å². The fourth-order valence-electron chi connectivity index (χ4n) is 3.44. The van der Waals surface area contributed by atoms with Crippen molar-refractivity contribution in [2.45, 2.75) is 65.1 Å². The Morgan fingerprint density at radius 1 is 0.950 bits per heavy atom. The van der Waals surface area contributed by atoms with E-state index in [1.54, 1.807) is 0 Å². The first-order valence-electron chi connectivity index (χ1n) is 7.61.